The molecular formula is C28H33F3N2O4. The Balaban J connectivity index is 1.88. The molecule has 2 rings (SSSR count). The Morgan fingerprint density at radius 3 is 1.86 bits per heavy atom. The van der Waals surface area contributed by atoms with Crippen LogP contribution < -0.4 is 5.32 Å². The molecule has 2 N–H and O–H groups in total. The van der Waals surface area contributed by atoms with Gasteiger partial charge in [-0.1, -0.05) is 56.0 Å². The summed E-state index contributed by atoms with van der Waals surface area (Å²) in [6, 6.07) is 10.9. The Bertz CT molecular complexity index is 1030. The summed E-state index contributed by atoms with van der Waals surface area (Å²) in [5.74, 6) is -2.92. The van der Waals surface area contributed by atoms with Gasteiger partial charge in [-0.15, -0.1) is 6.58 Å². The van der Waals surface area contributed by atoms with Crippen LogP contribution in [0, 0.1) is 0 Å². The molecule has 2 aromatic carbocycles. The molecule has 2 aromatic rings. The van der Waals surface area contributed by atoms with Gasteiger partial charge < -0.3 is 15.3 Å². The van der Waals surface area contributed by atoms with Gasteiger partial charge in [0.2, 0.25) is 5.91 Å². The van der Waals surface area contributed by atoms with Gasteiger partial charge in [0.1, 0.15) is 0 Å². The molecule has 0 aromatic heterocycles. The molecule has 200 valence electrons. The number of carbonyl (C=O) groups is 3. The molecule has 37 heavy (non-hydrogen) atoms. The van der Waals surface area contributed by atoms with Crippen LogP contribution in [0.1, 0.15) is 68.1 Å². The second kappa shape index (κ2) is 14.8. The SMILES string of the molecule is C=CCCCCCCCCC(=O)Nc1ccc(CN(Cc2ccc(C(F)(F)F)cc2)C(=O)C(=O)O)cc1. The number of nitrogens with zero attached hydrogens (tertiary/aromatic N) is 1. The van der Waals surface area contributed by atoms with E-state index in [9.17, 15) is 27.6 Å². The molecule has 0 saturated carbocycles. The van der Waals surface area contributed by atoms with E-state index in [2.05, 4.69) is 11.9 Å². The smallest absolute Gasteiger partial charge is 0.416 e. The average molecular weight is 519 g/mol. The minimum absolute atomic E-state index is 0.0623. The number of carboxylic acid groups (broad SMARTS) is 1. The van der Waals surface area contributed by atoms with Crippen molar-refractivity contribution in [3.63, 3.8) is 0 Å². The lowest BCUT2D eigenvalue weighted by Gasteiger charge is -2.21. The fraction of sp³-hybridized carbons (Fsp3) is 0.393. The van der Waals surface area contributed by atoms with Crippen LogP contribution in [0.4, 0.5) is 18.9 Å². The molecule has 0 saturated heterocycles. The number of anilines is 1. The topological polar surface area (TPSA) is 86.7 Å². The molecule has 2 amide bonds. The number of rotatable bonds is 14. The van der Waals surface area contributed by atoms with Gasteiger partial charge in [-0.2, -0.15) is 13.2 Å². The molecule has 0 aliphatic rings. The first-order valence-electron chi connectivity index (χ1n) is 12.3. The first-order valence-corrected chi connectivity index (χ1v) is 12.3. The van der Waals surface area contributed by atoms with Crippen molar-refractivity contribution in [2.75, 3.05) is 5.32 Å². The maximum Gasteiger partial charge on any atom is 0.416 e. The molecule has 9 heteroatoms. The lowest BCUT2D eigenvalue weighted by atomic mass is 10.1. The number of nitrogens with one attached hydrogen (secondary N) is 1. The van der Waals surface area contributed by atoms with E-state index in [4.69, 9.17) is 5.11 Å². The molecule has 0 aliphatic heterocycles. The van der Waals surface area contributed by atoms with Crippen molar-refractivity contribution < 1.29 is 32.7 Å². The lowest BCUT2D eigenvalue weighted by Crippen LogP contribution is -2.35. The van der Waals surface area contributed by atoms with E-state index in [1.807, 2.05) is 6.08 Å². The van der Waals surface area contributed by atoms with E-state index in [1.165, 1.54) is 18.6 Å². The van der Waals surface area contributed by atoms with Gasteiger partial charge >= 0.3 is 18.1 Å². The number of allylic oxidation sites excluding steroid dienone is 1. The Labute approximate surface area is 215 Å². The predicted octanol–water partition coefficient (Wildman–Crippen LogP) is 6.56. The Morgan fingerprint density at radius 1 is 0.838 bits per heavy atom. The van der Waals surface area contributed by atoms with Gasteiger partial charge in [0.25, 0.3) is 0 Å². The van der Waals surface area contributed by atoms with Gasteiger partial charge in [-0.25, -0.2) is 4.79 Å². The Kier molecular flexibility index (Phi) is 11.9. The maximum absolute atomic E-state index is 12.8. The zero-order valence-electron chi connectivity index (χ0n) is 20.7. The van der Waals surface area contributed by atoms with Crippen molar-refractivity contribution in [1.82, 2.24) is 4.90 Å². The van der Waals surface area contributed by atoms with Crippen LogP contribution in [0.25, 0.3) is 0 Å². The standard InChI is InChI=1S/C28H33F3N2O4/c1-2-3-4-5-6-7-8-9-10-25(34)32-24-17-13-22(14-18-24)20-33(26(35)27(36)37)19-21-11-15-23(16-12-21)28(29,30)31/h2,11-18H,1,3-10,19-20H2,(H,32,34)(H,36,37). The van der Waals surface area contributed by atoms with Crippen LogP contribution in [0.5, 0.6) is 0 Å². The van der Waals surface area contributed by atoms with Crippen LogP contribution in [0.3, 0.4) is 0 Å². The summed E-state index contributed by atoms with van der Waals surface area (Å²) in [7, 11) is 0. The second-order valence-corrected chi connectivity index (χ2v) is 8.85. The van der Waals surface area contributed by atoms with E-state index >= 15 is 0 Å². The van der Waals surface area contributed by atoms with Crippen LogP contribution in [-0.4, -0.2) is 27.8 Å². The molecule has 0 atom stereocenters. The summed E-state index contributed by atoms with van der Waals surface area (Å²) in [5.41, 5.74) is 0.723. The van der Waals surface area contributed by atoms with E-state index in [-0.39, 0.29) is 19.0 Å². The van der Waals surface area contributed by atoms with Gasteiger partial charge in [-0.3, -0.25) is 9.59 Å². The van der Waals surface area contributed by atoms with Crippen LogP contribution in [0.2, 0.25) is 0 Å². The highest BCUT2D eigenvalue weighted by molar-refractivity contribution is 6.31. The summed E-state index contributed by atoms with van der Waals surface area (Å²) >= 11 is 0. The zero-order chi connectivity index (χ0) is 27.3. The number of halogens is 3. The van der Waals surface area contributed by atoms with Gasteiger partial charge in [0.05, 0.1) is 5.56 Å². The number of unbranched alkanes of at least 4 members (excludes halogenated alkanes) is 6. The number of amides is 2. The number of hydrogen-bond acceptors (Lipinski definition) is 3. The van der Waals surface area contributed by atoms with Crippen LogP contribution in [-0.2, 0) is 33.6 Å². The van der Waals surface area contributed by atoms with E-state index < -0.39 is 23.6 Å². The van der Waals surface area contributed by atoms with Gasteiger partial charge in [-0.05, 0) is 54.7 Å². The van der Waals surface area contributed by atoms with E-state index in [1.54, 1.807) is 24.3 Å². The highest BCUT2D eigenvalue weighted by Gasteiger charge is 2.30. The molecule has 6 nitrogen and oxygen atoms in total. The molecule has 0 unspecified atom stereocenters. The number of carboxylic acids is 1. The van der Waals surface area contributed by atoms with Crippen molar-refractivity contribution in [2.45, 2.75) is 70.6 Å². The molecule has 0 bridgehead atoms. The summed E-state index contributed by atoms with van der Waals surface area (Å²) in [6.45, 7) is 3.47. The highest BCUT2D eigenvalue weighted by Crippen LogP contribution is 2.29. The molecule has 0 spiro atoms. The van der Waals surface area contributed by atoms with E-state index in [0.717, 1.165) is 55.6 Å². The van der Waals surface area contributed by atoms with Crippen molar-refractivity contribution in [2.24, 2.45) is 0 Å². The predicted molar refractivity (Wildman–Crippen MR) is 136 cm³/mol. The van der Waals surface area contributed by atoms with Gasteiger partial charge in [0.15, 0.2) is 0 Å². The number of hydrogen-bond donors (Lipinski definition) is 2. The Hall–Kier alpha value is -3.62. The highest BCUT2D eigenvalue weighted by atomic mass is 19.4. The number of aliphatic carboxylic acids is 1. The zero-order valence-corrected chi connectivity index (χ0v) is 20.7. The third-order valence-corrected chi connectivity index (χ3v) is 5.80. The van der Waals surface area contributed by atoms with Gasteiger partial charge in [0, 0.05) is 25.2 Å². The second-order valence-electron chi connectivity index (χ2n) is 8.85. The number of carbonyl (C=O) groups excluding carboxylic acids is 2. The summed E-state index contributed by atoms with van der Waals surface area (Å²) < 4.78 is 38.4. The number of alkyl halides is 3. The fourth-order valence-electron chi connectivity index (χ4n) is 3.77. The monoisotopic (exact) mass is 518 g/mol. The van der Waals surface area contributed by atoms with Crippen molar-refractivity contribution in [1.29, 1.82) is 0 Å². The number of benzene rings is 2. The average Bonchev–Trinajstić information content (AvgIpc) is 2.85. The summed E-state index contributed by atoms with van der Waals surface area (Å²) in [4.78, 5) is 36.7. The minimum atomic E-state index is -4.49. The first-order chi connectivity index (χ1) is 17.6. The van der Waals surface area contributed by atoms with Crippen LogP contribution in [0.15, 0.2) is 61.2 Å². The fourth-order valence-corrected chi connectivity index (χ4v) is 3.77. The molecule has 0 heterocycles. The third kappa shape index (κ3) is 10.9. The van der Waals surface area contributed by atoms with Crippen molar-refractivity contribution in [3.05, 3.63) is 77.9 Å². The normalized spacial score (nSPS) is 11.1. The van der Waals surface area contributed by atoms with Crippen LogP contribution >= 0.6 is 0 Å². The van der Waals surface area contributed by atoms with Crippen molar-refractivity contribution >= 4 is 23.5 Å². The minimum Gasteiger partial charge on any atom is -0.474 e. The summed E-state index contributed by atoms with van der Waals surface area (Å²) in [5, 5.41) is 12.0. The maximum atomic E-state index is 12.8. The molecule has 0 radical (unpaired) electrons. The molecule has 0 aliphatic carbocycles. The van der Waals surface area contributed by atoms with E-state index in [0.29, 0.717) is 23.2 Å². The quantitative estimate of drug-likeness (QED) is 0.168. The largest absolute Gasteiger partial charge is 0.474 e. The summed E-state index contributed by atoms with van der Waals surface area (Å²) in [6.07, 6.45) is 5.25. The molecular weight excluding hydrogens is 485 g/mol. The first kappa shape index (κ1) is 29.6. The third-order valence-electron chi connectivity index (χ3n) is 5.80. The van der Waals surface area contributed by atoms with Crippen molar-refractivity contribution in [3.8, 4) is 0 Å². The lowest BCUT2D eigenvalue weighted by molar-refractivity contribution is -0.156. The Morgan fingerprint density at radius 2 is 1.35 bits per heavy atom. The molecule has 0 fully saturated rings.